The molecule has 2 aromatic carbocycles. The average Bonchev–Trinajstić information content (AvgIpc) is 2.68. The highest BCUT2D eigenvalue weighted by Gasteiger charge is 2.31. The smallest absolute Gasteiger partial charge is 0.242 e. The van der Waals surface area contributed by atoms with Gasteiger partial charge in [0.25, 0.3) is 0 Å². The molecule has 2 aromatic rings. The predicted octanol–water partition coefficient (Wildman–Crippen LogP) is 3.80. The molecule has 0 spiro atoms. The summed E-state index contributed by atoms with van der Waals surface area (Å²) in [6, 6.07) is 17.5. The largest absolute Gasteiger partial charge is 0.489 e. The molecule has 0 unspecified atom stereocenters. The summed E-state index contributed by atoms with van der Waals surface area (Å²) < 4.78 is 5.79. The molecule has 1 aliphatic carbocycles. The van der Waals surface area contributed by atoms with E-state index in [2.05, 4.69) is 10.5 Å². The van der Waals surface area contributed by atoms with Crippen molar-refractivity contribution >= 4 is 12.1 Å². The summed E-state index contributed by atoms with van der Waals surface area (Å²) >= 11 is 0. The van der Waals surface area contributed by atoms with Gasteiger partial charge in [-0.1, -0.05) is 61.7 Å². The van der Waals surface area contributed by atoms with Gasteiger partial charge in [-0.3, -0.25) is 4.79 Å². The highest BCUT2D eigenvalue weighted by Crippen LogP contribution is 2.30. The second-order valence-corrected chi connectivity index (χ2v) is 7.10. The number of amides is 1. The third kappa shape index (κ3) is 6.22. The van der Waals surface area contributed by atoms with Crippen LogP contribution in [0.15, 0.2) is 59.7 Å². The molecule has 0 radical (unpaired) electrons. The number of hydrazone groups is 1. The first kappa shape index (κ1) is 19.1. The van der Waals surface area contributed by atoms with Crippen LogP contribution in [-0.2, 0) is 11.4 Å². The molecule has 1 fully saturated rings. The van der Waals surface area contributed by atoms with E-state index < -0.39 is 5.60 Å². The van der Waals surface area contributed by atoms with Crippen molar-refractivity contribution in [3.05, 3.63) is 65.7 Å². The van der Waals surface area contributed by atoms with Crippen LogP contribution in [0, 0.1) is 0 Å². The zero-order valence-electron chi connectivity index (χ0n) is 15.4. The van der Waals surface area contributed by atoms with Crippen LogP contribution in [0.25, 0.3) is 0 Å². The lowest BCUT2D eigenvalue weighted by Crippen LogP contribution is -2.37. The number of nitrogens with one attached hydrogen (secondary N) is 1. The second kappa shape index (κ2) is 9.33. The summed E-state index contributed by atoms with van der Waals surface area (Å²) in [7, 11) is 0. The first-order valence-electron chi connectivity index (χ1n) is 9.44. The van der Waals surface area contributed by atoms with Gasteiger partial charge in [-0.2, -0.15) is 5.10 Å². The normalized spacial score (nSPS) is 16.2. The monoisotopic (exact) mass is 366 g/mol. The maximum absolute atomic E-state index is 12.0. The fourth-order valence-electron chi connectivity index (χ4n) is 3.33. The van der Waals surface area contributed by atoms with Crippen LogP contribution in [0.5, 0.6) is 5.75 Å². The van der Waals surface area contributed by atoms with Gasteiger partial charge in [-0.05, 0) is 36.1 Å². The van der Waals surface area contributed by atoms with Crippen molar-refractivity contribution in [3.63, 3.8) is 0 Å². The van der Waals surface area contributed by atoms with Crippen LogP contribution in [0.1, 0.15) is 49.7 Å². The van der Waals surface area contributed by atoms with Crippen molar-refractivity contribution in [2.75, 3.05) is 0 Å². The maximum Gasteiger partial charge on any atom is 0.242 e. The number of aliphatic hydroxyl groups is 1. The number of benzene rings is 2. The van der Waals surface area contributed by atoms with E-state index in [4.69, 9.17) is 4.74 Å². The molecule has 0 heterocycles. The number of carbonyl (C=O) groups excluding carboxylic acids is 1. The number of rotatable bonds is 7. The molecular weight excluding hydrogens is 340 g/mol. The van der Waals surface area contributed by atoms with Gasteiger partial charge in [0.05, 0.1) is 18.2 Å². The number of nitrogens with zero attached hydrogens (tertiary/aromatic N) is 1. The summed E-state index contributed by atoms with van der Waals surface area (Å²) in [5, 5.41) is 14.4. The van der Waals surface area contributed by atoms with Crippen LogP contribution >= 0.6 is 0 Å². The molecule has 5 nitrogen and oxygen atoms in total. The summed E-state index contributed by atoms with van der Waals surface area (Å²) in [6.07, 6.45) is 6.13. The molecule has 0 aromatic heterocycles. The zero-order chi connectivity index (χ0) is 19.0. The Balaban J connectivity index is 1.49. The SMILES string of the molecule is O=C(CC1(O)CCCCC1)NN=Cc1cccc(OCc2ccccc2)c1. The quantitative estimate of drug-likeness (QED) is 0.578. The van der Waals surface area contributed by atoms with E-state index in [9.17, 15) is 9.90 Å². The van der Waals surface area contributed by atoms with Crippen LogP contribution in [0.2, 0.25) is 0 Å². The molecule has 1 saturated carbocycles. The van der Waals surface area contributed by atoms with Gasteiger partial charge >= 0.3 is 0 Å². The van der Waals surface area contributed by atoms with Gasteiger partial charge < -0.3 is 9.84 Å². The predicted molar refractivity (Wildman–Crippen MR) is 106 cm³/mol. The van der Waals surface area contributed by atoms with E-state index in [-0.39, 0.29) is 12.3 Å². The maximum atomic E-state index is 12.0. The van der Waals surface area contributed by atoms with Crippen molar-refractivity contribution in [1.29, 1.82) is 0 Å². The molecule has 5 heteroatoms. The van der Waals surface area contributed by atoms with Crippen LogP contribution in [0.4, 0.5) is 0 Å². The summed E-state index contributed by atoms with van der Waals surface area (Å²) in [5.74, 6) is 0.484. The number of hydrogen-bond donors (Lipinski definition) is 2. The average molecular weight is 366 g/mol. The molecule has 3 rings (SSSR count). The van der Waals surface area contributed by atoms with E-state index in [1.54, 1.807) is 6.21 Å². The minimum Gasteiger partial charge on any atom is -0.489 e. The second-order valence-electron chi connectivity index (χ2n) is 7.10. The Morgan fingerprint density at radius 1 is 1.11 bits per heavy atom. The Hall–Kier alpha value is -2.66. The Morgan fingerprint density at radius 3 is 2.67 bits per heavy atom. The number of hydrogen-bond acceptors (Lipinski definition) is 4. The van der Waals surface area contributed by atoms with Gasteiger partial charge in [0.2, 0.25) is 5.91 Å². The fraction of sp³-hybridized carbons (Fsp3) is 0.364. The van der Waals surface area contributed by atoms with E-state index in [0.29, 0.717) is 19.4 Å². The van der Waals surface area contributed by atoms with E-state index in [1.165, 1.54) is 0 Å². The van der Waals surface area contributed by atoms with Gasteiger partial charge in [-0.25, -0.2) is 5.43 Å². The topological polar surface area (TPSA) is 70.9 Å². The van der Waals surface area contributed by atoms with Crippen LogP contribution < -0.4 is 10.2 Å². The molecule has 1 aliphatic rings. The van der Waals surface area contributed by atoms with Crippen molar-refractivity contribution in [3.8, 4) is 5.75 Å². The third-order valence-corrected chi connectivity index (χ3v) is 4.78. The van der Waals surface area contributed by atoms with E-state index in [1.807, 2.05) is 54.6 Å². The lowest BCUT2D eigenvalue weighted by atomic mass is 9.82. The minimum atomic E-state index is -0.872. The summed E-state index contributed by atoms with van der Waals surface area (Å²) in [5.41, 5.74) is 3.57. The molecule has 0 atom stereocenters. The summed E-state index contributed by atoms with van der Waals surface area (Å²) in [6.45, 7) is 0.497. The van der Waals surface area contributed by atoms with Crippen molar-refractivity contribution in [1.82, 2.24) is 5.43 Å². The van der Waals surface area contributed by atoms with E-state index in [0.717, 1.165) is 36.1 Å². The van der Waals surface area contributed by atoms with Crippen molar-refractivity contribution in [2.45, 2.75) is 50.7 Å². The third-order valence-electron chi connectivity index (χ3n) is 4.78. The Morgan fingerprint density at radius 2 is 1.89 bits per heavy atom. The molecule has 142 valence electrons. The van der Waals surface area contributed by atoms with Gasteiger partial charge in [0, 0.05) is 0 Å². The number of carbonyl (C=O) groups is 1. The van der Waals surface area contributed by atoms with Gasteiger partial charge in [0.1, 0.15) is 12.4 Å². The lowest BCUT2D eigenvalue weighted by Gasteiger charge is -2.31. The molecule has 0 aliphatic heterocycles. The minimum absolute atomic E-state index is 0.102. The van der Waals surface area contributed by atoms with Crippen molar-refractivity contribution < 1.29 is 14.6 Å². The highest BCUT2D eigenvalue weighted by molar-refractivity contribution is 5.83. The molecule has 1 amide bonds. The fourth-order valence-corrected chi connectivity index (χ4v) is 3.33. The molecule has 2 N–H and O–H groups in total. The van der Waals surface area contributed by atoms with E-state index >= 15 is 0 Å². The number of ether oxygens (including phenoxy) is 1. The first-order valence-corrected chi connectivity index (χ1v) is 9.44. The summed E-state index contributed by atoms with van der Waals surface area (Å²) in [4.78, 5) is 12.0. The lowest BCUT2D eigenvalue weighted by molar-refractivity contribution is -0.127. The van der Waals surface area contributed by atoms with Crippen molar-refractivity contribution in [2.24, 2.45) is 5.10 Å². The first-order chi connectivity index (χ1) is 13.1. The molecule has 0 saturated heterocycles. The van der Waals surface area contributed by atoms with Crippen LogP contribution in [-0.4, -0.2) is 22.8 Å². The van der Waals surface area contributed by atoms with Gasteiger partial charge in [-0.15, -0.1) is 0 Å². The Bertz CT molecular complexity index is 768. The van der Waals surface area contributed by atoms with Crippen LogP contribution in [0.3, 0.4) is 0 Å². The Kier molecular flexibility index (Phi) is 6.60. The molecule has 0 bridgehead atoms. The Labute approximate surface area is 160 Å². The zero-order valence-corrected chi connectivity index (χ0v) is 15.4. The molecule has 27 heavy (non-hydrogen) atoms. The van der Waals surface area contributed by atoms with Gasteiger partial charge in [0.15, 0.2) is 0 Å². The highest BCUT2D eigenvalue weighted by atomic mass is 16.5. The standard InChI is InChI=1S/C22H26N2O3/c25-21(15-22(26)12-5-2-6-13-22)24-23-16-19-10-7-11-20(14-19)27-17-18-8-3-1-4-9-18/h1,3-4,7-11,14,16,26H,2,5-6,12-13,15,17H2,(H,24,25). The molecular formula is C22H26N2O3.